The first-order valence-corrected chi connectivity index (χ1v) is 11.4. The lowest BCUT2D eigenvalue weighted by atomic mass is 9.91. The highest BCUT2D eigenvalue weighted by atomic mass is 16.5. The summed E-state index contributed by atoms with van der Waals surface area (Å²) in [5, 5.41) is 5.49. The molecule has 33 heavy (non-hydrogen) atoms. The summed E-state index contributed by atoms with van der Waals surface area (Å²) < 4.78 is 7.33. The van der Waals surface area contributed by atoms with Crippen LogP contribution in [-0.2, 0) is 4.74 Å². The third kappa shape index (κ3) is 3.62. The molecular weight excluding hydrogens is 412 g/mol. The van der Waals surface area contributed by atoms with Gasteiger partial charge in [0.2, 0.25) is 0 Å². The Kier molecular flexibility index (Phi) is 5.00. The summed E-state index contributed by atoms with van der Waals surface area (Å²) in [4.78, 5) is 21.2. The number of aromatic nitrogens is 4. The van der Waals surface area contributed by atoms with Gasteiger partial charge in [-0.2, -0.15) is 5.10 Å². The van der Waals surface area contributed by atoms with Crippen LogP contribution in [0.3, 0.4) is 0 Å². The monoisotopic (exact) mass is 438 g/mol. The molecule has 5 aromatic rings. The minimum atomic E-state index is -0.00474. The number of rotatable bonds is 4. The summed E-state index contributed by atoms with van der Waals surface area (Å²) in [6.07, 6.45) is 10.1. The standard InChI is InChI=1S/C27H24N4O2.H2/c32-26(19-7-4-11-33-12-9-19)24-17-30-31-10-8-20(14-25(24)31)23-16-29-27-22(23)13-21(15-28-27)18-5-2-1-3-6-18;/h1-3,5-6,8,10,13-17,19H,4,7,9,11-12H2,(H,28,29);1H. The van der Waals surface area contributed by atoms with Crippen LogP contribution >= 0.6 is 0 Å². The molecule has 166 valence electrons. The van der Waals surface area contributed by atoms with Crippen molar-refractivity contribution in [3.05, 3.63) is 78.9 Å². The predicted octanol–water partition coefficient (Wildman–Crippen LogP) is 5.79. The number of ketones is 1. The van der Waals surface area contributed by atoms with E-state index in [2.05, 4.69) is 39.3 Å². The number of Topliss-reactive ketones (excluding diaryl/α,β-unsaturated/α-hetero) is 1. The number of pyridine rings is 2. The van der Waals surface area contributed by atoms with E-state index in [1.165, 1.54) is 0 Å². The number of H-pyrrole nitrogens is 1. The summed E-state index contributed by atoms with van der Waals surface area (Å²) in [5.74, 6) is 0.162. The molecule has 5 heterocycles. The molecule has 1 aliphatic heterocycles. The van der Waals surface area contributed by atoms with Crippen molar-refractivity contribution in [1.29, 1.82) is 0 Å². The van der Waals surface area contributed by atoms with Crippen LogP contribution in [0.2, 0.25) is 0 Å². The van der Waals surface area contributed by atoms with Crippen molar-refractivity contribution >= 4 is 22.3 Å². The number of carbonyl (C=O) groups is 1. The van der Waals surface area contributed by atoms with Crippen LogP contribution in [0.5, 0.6) is 0 Å². The van der Waals surface area contributed by atoms with E-state index in [4.69, 9.17) is 4.74 Å². The van der Waals surface area contributed by atoms with Crippen molar-refractivity contribution in [1.82, 2.24) is 19.6 Å². The van der Waals surface area contributed by atoms with Gasteiger partial charge in [-0.3, -0.25) is 4.79 Å². The maximum atomic E-state index is 13.3. The number of nitrogens with zero attached hydrogens (tertiary/aromatic N) is 3. The average molecular weight is 439 g/mol. The van der Waals surface area contributed by atoms with Gasteiger partial charge in [0.05, 0.1) is 17.3 Å². The second-order valence-corrected chi connectivity index (χ2v) is 8.60. The molecule has 6 heteroatoms. The highest BCUT2D eigenvalue weighted by Gasteiger charge is 2.24. The van der Waals surface area contributed by atoms with Gasteiger partial charge < -0.3 is 9.72 Å². The molecule has 4 aromatic heterocycles. The van der Waals surface area contributed by atoms with E-state index in [1.54, 1.807) is 10.7 Å². The van der Waals surface area contributed by atoms with E-state index in [1.807, 2.05) is 42.9 Å². The van der Waals surface area contributed by atoms with E-state index in [-0.39, 0.29) is 13.1 Å². The lowest BCUT2D eigenvalue weighted by Gasteiger charge is -2.11. The second-order valence-electron chi connectivity index (χ2n) is 8.60. The molecule has 0 saturated carbocycles. The summed E-state index contributed by atoms with van der Waals surface area (Å²) in [6.45, 7) is 1.38. The fourth-order valence-electron chi connectivity index (χ4n) is 4.75. The van der Waals surface area contributed by atoms with E-state index in [0.717, 1.165) is 64.7 Å². The highest BCUT2D eigenvalue weighted by molar-refractivity contribution is 6.04. The summed E-state index contributed by atoms with van der Waals surface area (Å²) in [6, 6.07) is 16.5. The molecule has 1 aromatic carbocycles. The van der Waals surface area contributed by atoms with Crippen LogP contribution in [0.1, 0.15) is 31.0 Å². The Morgan fingerprint density at radius 3 is 2.85 bits per heavy atom. The van der Waals surface area contributed by atoms with Crippen LogP contribution in [0.15, 0.2) is 73.3 Å². The number of ether oxygens (including phenoxy) is 1. The number of carbonyl (C=O) groups excluding carboxylic acids is 1. The Morgan fingerprint density at radius 1 is 1.03 bits per heavy atom. The molecular formula is C27H26N4O2. The molecule has 1 atom stereocenters. The first kappa shape index (κ1) is 19.9. The molecule has 6 nitrogen and oxygen atoms in total. The smallest absolute Gasteiger partial charge is 0.169 e. The number of nitrogens with one attached hydrogen (secondary N) is 1. The van der Waals surface area contributed by atoms with E-state index in [0.29, 0.717) is 12.2 Å². The number of aromatic amines is 1. The van der Waals surface area contributed by atoms with Gasteiger partial charge >= 0.3 is 0 Å². The molecule has 1 saturated heterocycles. The number of benzene rings is 1. The van der Waals surface area contributed by atoms with Gasteiger partial charge in [0.1, 0.15) is 5.65 Å². The normalized spacial score (nSPS) is 16.8. The first-order chi connectivity index (χ1) is 16.3. The second kappa shape index (κ2) is 8.30. The molecule has 0 bridgehead atoms. The third-order valence-electron chi connectivity index (χ3n) is 6.56. The molecule has 0 aliphatic carbocycles. The Morgan fingerprint density at radius 2 is 1.94 bits per heavy atom. The molecule has 1 N–H and O–H groups in total. The van der Waals surface area contributed by atoms with Gasteiger partial charge in [-0.05, 0) is 48.6 Å². The fourth-order valence-corrected chi connectivity index (χ4v) is 4.75. The third-order valence-corrected chi connectivity index (χ3v) is 6.56. The lowest BCUT2D eigenvalue weighted by Crippen LogP contribution is -2.15. The van der Waals surface area contributed by atoms with Crippen LogP contribution in [-0.4, -0.2) is 38.6 Å². The van der Waals surface area contributed by atoms with Crippen LogP contribution in [0.4, 0.5) is 0 Å². The minimum Gasteiger partial charge on any atom is -0.381 e. The summed E-state index contributed by atoms with van der Waals surface area (Å²) in [5.41, 5.74) is 6.65. The number of fused-ring (bicyclic) bond motifs is 2. The Bertz CT molecular complexity index is 1450. The van der Waals surface area contributed by atoms with Crippen molar-refractivity contribution in [2.24, 2.45) is 5.92 Å². The molecule has 1 aliphatic rings. The zero-order valence-corrected chi connectivity index (χ0v) is 18.2. The van der Waals surface area contributed by atoms with Crippen molar-refractivity contribution in [3.63, 3.8) is 0 Å². The van der Waals surface area contributed by atoms with Gasteiger partial charge in [-0.15, -0.1) is 0 Å². The van der Waals surface area contributed by atoms with Crippen molar-refractivity contribution in [3.8, 4) is 22.3 Å². The molecule has 0 amide bonds. The van der Waals surface area contributed by atoms with Crippen LogP contribution in [0.25, 0.3) is 38.8 Å². The zero-order valence-electron chi connectivity index (χ0n) is 18.2. The van der Waals surface area contributed by atoms with Gasteiger partial charge in [-0.1, -0.05) is 30.3 Å². The highest BCUT2D eigenvalue weighted by Crippen LogP contribution is 2.32. The largest absolute Gasteiger partial charge is 0.381 e. The number of hydrogen-bond acceptors (Lipinski definition) is 4. The molecule has 6 rings (SSSR count). The van der Waals surface area contributed by atoms with Crippen molar-refractivity contribution in [2.45, 2.75) is 19.3 Å². The lowest BCUT2D eigenvalue weighted by molar-refractivity contribution is 0.0895. The van der Waals surface area contributed by atoms with Crippen LogP contribution in [0, 0.1) is 5.92 Å². The zero-order chi connectivity index (χ0) is 22.2. The van der Waals surface area contributed by atoms with Crippen LogP contribution < -0.4 is 0 Å². The summed E-state index contributed by atoms with van der Waals surface area (Å²) in [7, 11) is 0. The minimum absolute atomic E-state index is 0. The first-order valence-electron chi connectivity index (χ1n) is 11.4. The SMILES string of the molecule is O=C(c1cnn2ccc(-c3c[nH]c4ncc(-c5ccccc5)cc34)cc12)C1CCCOCC1.[HH]. The molecule has 1 fully saturated rings. The van der Waals surface area contributed by atoms with E-state index < -0.39 is 0 Å². The predicted molar refractivity (Wildman–Crippen MR) is 130 cm³/mol. The van der Waals surface area contributed by atoms with Crippen molar-refractivity contribution < 1.29 is 11.0 Å². The topological polar surface area (TPSA) is 72.3 Å². The van der Waals surface area contributed by atoms with Crippen molar-refractivity contribution in [2.75, 3.05) is 13.2 Å². The molecule has 0 radical (unpaired) electrons. The molecule has 0 spiro atoms. The van der Waals surface area contributed by atoms with E-state index >= 15 is 0 Å². The maximum Gasteiger partial charge on any atom is 0.169 e. The van der Waals surface area contributed by atoms with Gasteiger partial charge in [-0.25, -0.2) is 9.50 Å². The van der Waals surface area contributed by atoms with Gasteiger partial charge in [0.15, 0.2) is 5.78 Å². The Balaban J connectivity index is 0.00000241. The van der Waals surface area contributed by atoms with Gasteiger partial charge in [0, 0.05) is 55.7 Å². The summed E-state index contributed by atoms with van der Waals surface area (Å²) >= 11 is 0. The number of hydrogen-bond donors (Lipinski definition) is 1. The average Bonchev–Trinajstić information content (AvgIpc) is 3.38. The molecule has 1 unspecified atom stereocenters. The quantitative estimate of drug-likeness (QED) is 0.361. The Hall–Kier alpha value is -3.77. The Labute approximate surface area is 192 Å². The van der Waals surface area contributed by atoms with Gasteiger partial charge in [0.25, 0.3) is 0 Å². The maximum absolute atomic E-state index is 13.3. The van der Waals surface area contributed by atoms with E-state index in [9.17, 15) is 4.79 Å². The fraction of sp³-hybridized carbons (Fsp3) is 0.222.